The number of thiol groups is 1. The summed E-state index contributed by atoms with van der Waals surface area (Å²) in [4.78, 5) is 188. The van der Waals surface area contributed by atoms with Crippen LogP contribution in [0.4, 0.5) is 0 Å². The minimum absolute atomic E-state index is 0.0106. The number of primary amides is 1. The highest BCUT2D eigenvalue weighted by molar-refractivity contribution is 7.80. The van der Waals surface area contributed by atoms with Gasteiger partial charge < -0.3 is 107 Å². The number of nitrogens with two attached hydrogens (primary N) is 4. The number of carbonyl (C=O) groups is 14. The van der Waals surface area contributed by atoms with Crippen molar-refractivity contribution in [2.45, 2.75) is 172 Å². The molecule has 36 heteroatoms. The Labute approximate surface area is 508 Å². The first-order valence-corrected chi connectivity index (χ1v) is 28.7. The lowest BCUT2D eigenvalue weighted by Gasteiger charge is -2.29. The molecule has 0 saturated carbocycles. The Bertz CT molecular complexity index is 2450. The largest absolute Gasteiger partial charge is 0.480 e. The number of amides is 13. The highest BCUT2D eigenvalue weighted by Crippen LogP contribution is 2.18. The van der Waals surface area contributed by atoms with Crippen LogP contribution >= 0.6 is 12.6 Å². The first-order chi connectivity index (χ1) is 40.7. The van der Waals surface area contributed by atoms with Crippen molar-refractivity contribution in [3.8, 4) is 0 Å². The number of hydrogen-bond acceptors (Lipinski definition) is 20. The van der Waals surface area contributed by atoms with Crippen molar-refractivity contribution in [1.29, 1.82) is 0 Å². The molecule has 13 amide bonds. The number of guanidine groups is 1. The van der Waals surface area contributed by atoms with Gasteiger partial charge in [-0.05, 0) is 77.6 Å². The van der Waals surface area contributed by atoms with E-state index >= 15 is 0 Å². The Morgan fingerprint density at radius 1 is 0.575 bits per heavy atom. The molecule has 0 aromatic carbocycles. The van der Waals surface area contributed by atoms with E-state index in [0.717, 1.165) is 11.8 Å². The van der Waals surface area contributed by atoms with E-state index in [-0.39, 0.29) is 75.8 Å². The molecule has 1 aliphatic heterocycles. The average molecular weight is 1260 g/mol. The second-order valence-electron chi connectivity index (χ2n) is 21.5. The van der Waals surface area contributed by atoms with E-state index in [0.29, 0.717) is 0 Å². The maximum absolute atomic E-state index is 13.8. The Kier molecular flexibility index (Phi) is 34.5. The molecule has 1 rings (SSSR count). The lowest BCUT2D eigenvalue weighted by Crippen LogP contribution is -2.62. The maximum atomic E-state index is 13.8. The summed E-state index contributed by atoms with van der Waals surface area (Å²) in [5.41, 5.74) is 21.7. The van der Waals surface area contributed by atoms with Crippen LogP contribution in [0.5, 0.6) is 0 Å². The van der Waals surface area contributed by atoms with Crippen LogP contribution in [0.25, 0.3) is 0 Å². The first-order valence-electron chi connectivity index (χ1n) is 28.1. The van der Waals surface area contributed by atoms with Crippen molar-refractivity contribution in [3.05, 3.63) is 0 Å². The number of rotatable bonds is 39. The van der Waals surface area contributed by atoms with Crippen LogP contribution in [-0.2, 0) is 67.1 Å². The number of likely N-dealkylation sites (tertiary alicyclic amines) is 1. The molecular weight excluding hydrogens is 1170 g/mol. The van der Waals surface area contributed by atoms with Crippen LogP contribution in [0, 0.1) is 11.8 Å². The predicted octanol–water partition coefficient (Wildman–Crippen LogP) is -9.27. The number of nitrogens with zero attached hydrogens (tertiary/aromatic N) is 2. The van der Waals surface area contributed by atoms with Crippen molar-refractivity contribution < 1.29 is 87.5 Å². The van der Waals surface area contributed by atoms with Gasteiger partial charge in [-0.3, -0.25) is 67.3 Å². The summed E-state index contributed by atoms with van der Waals surface area (Å²) in [6.45, 7) is 7.34. The molecule has 0 spiro atoms. The molecule has 1 fully saturated rings. The van der Waals surface area contributed by atoms with E-state index in [1.165, 1.54) is 13.8 Å². The molecule has 492 valence electrons. The number of aliphatic hydroxyl groups is 3. The normalized spacial score (nSPS) is 16.6. The molecule has 0 radical (unpaired) electrons. The summed E-state index contributed by atoms with van der Waals surface area (Å²) < 4.78 is 0. The summed E-state index contributed by atoms with van der Waals surface area (Å²) in [6.07, 6.45) is -1.95. The number of carboxylic acid groups (broad SMARTS) is 1. The van der Waals surface area contributed by atoms with Crippen molar-refractivity contribution in [2.75, 3.05) is 45.1 Å². The van der Waals surface area contributed by atoms with Crippen LogP contribution in [0.15, 0.2) is 4.99 Å². The van der Waals surface area contributed by atoms with E-state index in [2.05, 4.69) is 70.8 Å². The molecule has 0 aromatic rings. The second kappa shape index (κ2) is 39.0. The molecule has 1 saturated heterocycles. The predicted molar refractivity (Wildman–Crippen MR) is 312 cm³/mol. The third-order valence-electron chi connectivity index (χ3n) is 13.0. The summed E-state index contributed by atoms with van der Waals surface area (Å²) in [5.74, 6) is -14.5. The van der Waals surface area contributed by atoms with Crippen LogP contribution in [-0.4, -0.2) is 232 Å². The van der Waals surface area contributed by atoms with Gasteiger partial charge in [-0.2, -0.15) is 12.6 Å². The number of nitrogens with one attached hydrogen (secondary N) is 11. The highest BCUT2D eigenvalue weighted by atomic mass is 32.1. The van der Waals surface area contributed by atoms with Gasteiger partial charge in [-0.1, -0.05) is 27.7 Å². The molecule has 35 nitrogen and oxygen atoms in total. The molecule has 0 aliphatic carbocycles. The molecule has 87 heavy (non-hydrogen) atoms. The van der Waals surface area contributed by atoms with Gasteiger partial charge in [0, 0.05) is 25.3 Å². The van der Waals surface area contributed by atoms with Gasteiger partial charge in [0.2, 0.25) is 76.8 Å². The van der Waals surface area contributed by atoms with E-state index in [1.54, 1.807) is 27.7 Å². The molecule has 1 aliphatic rings. The summed E-state index contributed by atoms with van der Waals surface area (Å²) >= 11 is 4.15. The fourth-order valence-corrected chi connectivity index (χ4v) is 8.54. The van der Waals surface area contributed by atoms with E-state index in [1.807, 2.05) is 5.32 Å². The lowest BCUT2D eigenvalue weighted by atomic mass is 10.0. The Morgan fingerprint density at radius 2 is 1.06 bits per heavy atom. The summed E-state index contributed by atoms with van der Waals surface area (Å²) in [7, 11) is 0. The van der Waals surface area contributed by atoms with Gasteiger partial charge in [0.25, 0.3) is 0 Å². The van der Waals surface area contributed by atoms with Crippen molar-refractivity contribution in [2.24, 2.45) is 39.8 Å². The number of carbonyl (C=O) groups excluding carboxylic acids is 13. The smallest absolute Gasteiger partial charge is 0.328 e. The van der Waals surface area contributed by atoms with Gasteiger partial charge in [-0.25, -0.2) is 4.79 Å². The quantitative estimate of drug-likeness (QED) is 0.0118. The van der Waals surface area contributed by atoms with Gasteiger partial charge in [0.05, 0.1) is 38.4 Å². The molecule has 0 aromatic heterocycles. The van der Waals surface area contributed by atoms with Crippen LogP contribution < -0.4 is 81.4 Å². The third kappa shape index (κ3) is 28.4. The highest BCUT2D eigenvalue weighted by Gasteiger charge is 2.39. The summed E-state index contributed by atoms with van der Waals surface area (Å²) in [5, 5.41) is 64.9. The zero-order valence-corrected chi connectivity index (χ0v) is 50.7. The van der Waals surface area contributed by atoms with Gasteiger partial charge in [0.1, 0.15) is 60.4 Å². The SMILES string of the molecule is CC(C)C[C@H](NC(=O)[C@H](CCC(N)=O)NC(=O)CNC(=O)[C@H](CCCN=C(N)N)NC(=O)[C@H](C)NC(=O)[C@H](C)N)C(=O)NCC(=O)N1CCC[C@H]1C(=O)N[C@H](C(=O)N[C@@H](CS)C(=O)N[C@@H](CC(C)C)C(=O)N[C@@H](CO)C(=O)N[C@@H](CO)C(=O)O)[C@@H](C)O. The first kappa shape index (κ1) is 77.1. The van der Waals surface area contributed by atoms with Crippen LogP contribution in [0.1, 0.15) is 99.8 Å². The fourth-order valence-electron chi connectivity index (χ4n) is 8.28. The zero-order chi connectivity index (χ0) is 66.4. The monoisotopic (exact) mass is 1260 g/mol. The topological polar surface area (TPSA) is 572 Å². The standard InChI is InChI=1S/C51H89N17O18S/c1-23(2)16-30(62-44(79)29(12-13-36(53)72)60-37(73)18-57-42(77)28(10-8-14-56-51(54)55)61-41(76)26(6)59-40(75)25(5)52)43(78)58-19-38(74)68-15-9-11-35(68)48(83)67-39(27(7)71)49(84)66-34(22-87)47(82)63-31(17-24(3)4)45(80)64-32(20-69)46(81)65-33(21-70)50(85)86/h23-35,39,69-71,87H,8-22,52H2,1-7H3,(H2,53,72)(H,57,77)(H,58,78)(H,59,75)(H,60,73)(H,61,76)(H,62,79)(H,63,82)(H,64,80)(H,65,81)(H,66,84)(H,67,83)(H,85,86)(H4,54,55,56)/t25-,26-,27+,28-,29-,30-,31-,32-,33-,34-,35-,39-/m0/s1. The Hall–Kier alpha value is -7.96. The van der Waals surface area contributed by atoms with Crippen molar-refractivity contribution >= 4 is 101 Å². The molecule has 23 N–H and O–H groups in total. The van der Waals surface area contributed by atoms with E-state index in [9.17, 15) is 82.4 Å². The Balaban J connectivity index is 3.16. The van der Waals surface area contributed by atoms with Crippen molar-refractivity contribution in [1.82, 2.24) is 63.4 Å². The molecule has 1 heterocycles. The lowest BCUT2D eigenvalue weighted by molar-refractivity contribution is -0.143. The number of aliphatic imine (C=N–C) groups is 1. The number of aliphatic carboxylic acids is 1. The number of aliphatic hydroxyl groups excluding tert-OH is 3. The molecular formula is C51H89N17O18S. The van der Waals surface area contributed by atoms with Crippen molar-refractivity contribution in [3.63, 3.8) is 0 Å². The van der Waals surface area contributed by atoms with E-state index < -0.39 is 194 Å². The molecule has 0 bridgehead atoms. The number of carboxylic acids is 1. The average Bonchev–Trinajstić information content (AvgIpc) is 2.57. The van der Waals surface area contributed by atoms with E-state index in [4.69, 9.17) is 28.0 Å². The van der Waals surface area contributed by atoms with Gasteiger partial charge in [-0.15, -0.1) is 0 Å². The number of hydrogen-bond donors (Lipinski definition) is 20. The second-order valence-corrected chi connectivity index (χ2v) is 21.9. The third-order valence-corrected chi connectivity index (χ3v) is 13.3. The Morgan fingerprint density at radius 3 is 1.57 bits per heavy atom. The molecule has 12 atom stereocenters. The maximum Gasteiger partial charge on any atom is 0.328 e. The van der Waals surface area contributed by atoms with Crippen LogP contribution in [0.3, 0.4) is 0 Å². The minimum atomic E-state index is -1.76. The van der Waals surface area contributed by atoms with Crippen LogP contribution in [0.2, 0.25) is 0 Å². The van der Waals surface area contributed by atoms with Gasteiger partial charge in [0.15, 0.2) is 5.96 Å². The zero-order valence-electron chi connectivity index (χ0n) is 49.8. The van der Waals surface area contributed by atoms with Gasteiger partial charge >= 0.3 is 5.97 Å². The molecule has 0 unspecified atom stereocenters. The minimum Gasteiger partial charge on any atom is -0.480 e. The summed E-state index contributed by atoms with van der Waals surface area (Å²) in [6, 6.07) is -15.6. The fraction of sp³-hybridized carbons (Fsp3) is 0.706.